The summed E-state index contributed by atoms with van der Waals surface area (Å²) in [6.45, 7) is 0. The summed E-state index contributed by atoms with van der Waals surface area (Å²) in [6, 6.07) is 7.06. The molecule has 2 heterocycles. The van der Waals surface area contributed by atoms with Crippen molar-refractivity contribution in [1.82, 2.24) is 9.88 Å². The first-order chi connectivity index (χ1) is 10.5. The molecule has 0 N–H and O–H groups in total. The van der Waals surface area contributed by atoms with Crippen LogP contribution in [-0.2, 0) is 9.84 Å². The molecule has 1 aromatic carbocycles. The van der Waals surface area contributed by atoms with E-state index in [1.54, 1.807) is 30.3 Å². The van der Waals surface area contributed by atoms with Crippen molar-refractivity contribution in [2.24, 2.45) is 0 Å². The summed E-state index contributed by atoms with van der Waals surface area (Å²) >= 11 is 1.51. The Kier molecular flexibility index (Phi) is 4.01. The van der Waals surface area contributed by atoms with Crippen LogP contribution in [0.3, 0.4) is 0 Å². The summed E-state index contributed by atoms with van der Waals surface area (Å²) in [5.41, 5.74) is 1.45. The Balaban J connectivity index is 1.82. The Bertz CT molecular complexity index is 785. The van der Waals surface area contributed by atoms with Crippen LogP contribution >= 0.6 is 11.3 Å². The number of carbonyl (C=O) groups excluding carboxylic acids is 1. The summed E-state index contributed by atoms with van der Waals surface area (Å²) in [7, 11) is -1.33. The van der Waals surface area contributed by atoms with Gasteiger partial charge in [-0.3, -0.25) is 4.79 Å². The van der Waals surface area contributed by atoms with Gasteiger partial charge in [0.25, 0.3) is 5.91 Å². The molecule has 0 spiro atoms. The second kappa shape index (κ2) is 5.81. The van der Waals surface area contributed by atoms with Crippen molar-refractivity contribution < 1.29 is 13.2 Å². The van der Waals surface area contributed by atoms with Crippen LogP contribution in [0.25, 0.3) is 10.6 Å². The van der Waals surface area contributed by atoms with Crippen LogP contribution in [0.15, 0.2) is 35.8 Å². The van der Waals surface area contributed by atoms with Gasteiger partial charge in [0.15, 0.2) is 9.84 Å². The molecule has 7 heteroatoms. The lowest BCUT2D eigenvalue weighted by Crippen LogP contribution is -2.37. The van der Waals surface area contributed by atoms with Gasteiger partial charge in [-0.15, -0.1) is 11.3 Å². The molecule has 0 saturated carbocycles. The minimum Gasteiger partial charge on any atom is -0.338 e. The summed E-state index contributed by atoms with van der Waals surface area (Å²) in [4.78, 5) is 18.4. The van der Waals surface area contributed by atoms with E-state index in [9.17, 15) is 13.2 Å². The van der Waals surface area contributed by atoms with Gasteiger partial charge in [-0.05, 0) is 18.6 Å². The molecule has 116 valence electrons. The lowest BCUT2D eigenvalue weighted by molar-refractivity contribution is 0.0748. The van der Waals surface area contributed by atoms with Crippen LogP contribution < -0.4 is 0 Å². The largest absolute Gasteiger partial charge is 0.338 e. The topological polar surface area (TPSA) is 67.3 Å². The molecule has 22 heavy (non-hydrogen) atoms. The van der Waals surface area contributed by atoms with Gasteiger partial charge < -0.3 is 4.90 Å². The number of aromatic nitrogens is 1. The molecule has 0 bridgehead atoms. The molecule has 0 radical (unpaired) electrons. The molecule has 0 aliphatic carbocycles. The number of thiazole rings is 1. The van der Waals surface area contributed by atoms with Gasteiger partial charge in [0.1, 0.15) is 5.01 Å². The highest BCUT2D eigenvalue weighted by Gasteiger charge is 2.33. The predicted molar refractivity (Wildman–Crippen MR) is 86.7 cm³/mol. The number of nitrogens with zero attached hydrogens (tertiary/aromatic N) is 2. The molecule has 1 atom stereocenters. The molecule has 5 nitrogen and oxygen atoms in total. The zero-order valence-corrected chi connectivity index (χ0v) is 13.7. The van der Waals surface area contributed by atoms with E-state index in [1.165, 1.54) is 11.3 Å². The SMILES string of the molecule is CN(C(=O)c1cccc(-c2nccs2)c1)C1CCS(=O)(=O)C1. The van der Waals surface area contributed by atoms with Crippen LogP contribution in [0.1, 0.15) is 16.8 Å². The highest BCUT2D eigenvalue weighted by molar-refractivity contribution is 7.91. The van der Waals surface area contributed by atoms with E-state index >= 15 is 0 Å². The number of sulfone groups is 1. The van der Waals surface area contributed by atoms with Crippen molar-refractivity contribution in [2.75, 3.05) is 18.6 Å². The fourth-order valence-electron chi connectivity index (χ4n) is 2.60. The van der Waals surface area contributed by atoms with Crippen LogP contribution in [0.2, 0.25) is 0 Å². The molecule has 1 aliphatic heterocycles. The van der Waals surface area contributed by atoms with E-state index in [1.807, 2.05) is 17.5 Å². The van der Waals surface area contributed by atoms with Crippen molar-refractivity contribution >= 4 is 27.1 Å². The number of carbonyl (C=O) groups is 1. The van der Waals surface area contributed by atoms with E-state index in [4.69, 9.17) is 0 Å². The zero-order chi connectivity index (χ0) is 15.7. The maximum atomic E-state index is 12.6. The third-order valence-electron chi connectivity index (χ3n) is 3.87. The van der Waals surface area contributed by atoms with Gasteiger partial charge in [-0.25, -0.2) is 13.4 Å². The van der Waals surface area contributed by atoms with Gasteiger partial charge in [-0.1, -0.05) is 12.1 Å². The summed E-state index contributed by atoms with van der Waals surface area (Å²) < 4.78 is 23.1. The molecular weight excluding hydrogens is 320 g/mol. The van der Waals surface area contributed by atoms with Crippen LogP contribution in [-0.4, -0.2) is 48.8 Å². The second-order valence-electron chi connectivity index (χ2n) is 5.39. The molecule has 1 amide bonds. The normalized spacial score (nSPS) is 20.0. The smallest absolute Gasteiger partial charge is 0.253 e. The lowest BCUT2D eigenvalue weighted by Gasteiger charge is -2.23. The van der Waals surface area contributed by atoms with E-state index in [2.05, 4.69) is 4.98 Å². The van der Waals surface area contributed by atoms with E-state index in [-0.39, 0.29) is 23.5 Å². The highest BCUT2D eigenvalue weighted by atomic mass is 32.2. The molecule has 1 unspecified atom stereocenters. The van der Waals surface area contributed by atoms with Crippen LogP contribution in [0, 0.1) is 0 Å². The lowest BCUT2D eigenvalue weighted by atomic mass is 10.1. The van der Waals surface area contributed by atoms with Gasteiger partial charge in [0, 0.05) is 35.8 Å². The maximum absolute atomic E-state index is 12.6. The Morgan fingerprint density at radius 2 is 2.23 bits per heavy atom. The number of rotatable bonds is 3. The molecule has 1 fully saturated rings. The van der Waals surface area contributed by atoms with Crippen molar-refractivity contribution in [2.45, 2.75) is 12.5 Å². The molecule has 1 aromatic heterocycles. The molecule has 1 aliphatic rings. The fraction of sp³-hybridized carbons (Fsp3) is 0.333. The number of benzene rings is 1. The highest BCUT2D eigenvalue weighted by Crippen LogP contribution is 2.24. The third kappa shape index (κ3) is 3.05. The molecule has 2 aromatic rings. The van der Waals surface area contributed by atoms with Gasteiger partial charge in [-0.2, -0.15) is 0 Å². The average Bonchev–Trinajstić information content (AvgIpc) is 3.15. The predicted octanol–water partition coefficient (Wildman–Crippen LogP) is 2.07. The molecule has 1 saturated heterocycles. The Hall–Kier alpha value is -1.73. The monoisotopic (exact) mass is 336 g/mol. The zero-order valence-electron chi connectivity index (χ0n) is 12.1. The minimum absolute atomic E-state index is 0.0570. The van der Waals surface area contributed by atoms with Gasteiger partial charge in [0.05, 0.1) is 11.5 Å². The van der Waals surface area contributed by atoms with Crippen molar-refractivity contribution in [3.63, 3.8) is 0 Å². The molecular formula is C15H16N2O3S2. The third-order valence-corrected chi connectivity index (χ3v) is 6.44. The van der Waals surface area contributed by atoms with Crippen molar-refractivity contribution in [3.05, 3.63) is 41.4 Å². The Morgan fingerprint density at radius 1 is 1.41 bits per heavy atom. The quantitative estimate of drug-likeness (QED) is 0.860. The van der Waals surface area contributed by atoms with Gasteiger partial charge in [0.2, 0.25) is 0 Å². The van der Waals surface area contributed by atoms with Crippen molar-refractivity contribution in [1.29, 1.82) is 0 Å². The van der Waals surface area contributed by atoms with E-state index in [0.717, 1.165) is 10.6 Å². The number of hydrogen-bond acceptors (Lipinski definition) is 5. The van der Waals surface area contributed by atoms with E-state index in [0.29, 0.717) is 12.0 Å². The van der Waals surface area contributed by atoms with Crippen LogP contribution in [0.5, 0.6) is 0 Å². The first-order valence-corrected chi connectivity index (χ1v) is 9.64. The number of hydrogen-bond donors (Lipinski definition) is 0. The van der Waals surface area contributed by atoms with E-state index < -0.39 is 9.84 Å². The summed E-state index contributed by atoms with van der Waals surface area (Å²) in [5.74, 6) is 0.0658. The van der Waals surface area contributed by atoms with Crippen molar-refractivity contribution in [3.8, 4) is 10.6 Å². The fourth-order valence-corrected chi connectivity index (χ4v) is 5.01. The minimum atomic E-state index is -3.00. The molecule has 3 rings (SSSR count). The Morgan fingerprint density at radius 3 is 2.86 bits per heavy atom. The Labute approximate surface area is 133 Å². The maximum Gasteiger partial charge on any atom is 0.253 e. The van der Waals surface area contributed by atoms with Gasteiger partial charge >= 0.3 is 0 Å². The summed E-state index contributed by atoms with van der Waals surface area (Å²) in [6.07, 6.45) is 2.24. The first-order valence-electron chi connectivity index (χ1n) is 6.94. The van der Waals surface area contributed by atoms with Crippen LogP contribution in [0.4, 0.5) is 0 Å². The average molecular weight is 336 g/mol. The first kappa shape index (κ1) is 15.2. The second-order valence-corrected chi connectivity index (χ2v) is 8.51. The summed E-state index contributed by atoms with van der Waals surface area (Å²) in [5, 5.41) is 2.75. The standard InChI is InChI=1S/C15H16N2O3S2/c1-17(13-5-8-22(19,20)10-13)15(18)12-4-2-3-11(9-12)14-16-6-7-21-14/h2-4,6-7,9,13H,5,8,10H2,1H3. The number of amides is 1.